The van der Waals surface area contributed by atoms with Gasteiger partial charge < -0.3 is 10.1 Å². The maximum absolute atomic E-state index is 6.08. The van der Waals surface area contributed by atoms with Crippen molar-refractivity contribution >= 4 is 0 Å². The lowest BCUT2D eigenvalue weighted by Gasteiger charge is -2.21. The van der Waals surface area contributed by atoms with Gasteiger partial charge >= 0.3 is 0 Å². The molecule has 2 nitrogen and oxygen atoms in total. The fourth-order valence-corrected chi connectivity index (χ4v) is 1.87. The normalized spacial score (nSPS) is 12.8. The van der Waals surface area contributed by atoms with Gasteiger partial charge in [-0.3, -0.25) is 0 Å². The third-order valence-electron chi connectivity index (χ3n) is 3.15. The van der Waals surface area contributed by atoms with Crippen LogP contribution in [0.3, 0.4) is 0 Å². The Morgan fingerprint density at radius 3 is 2.44 bits per heavy atom. The van der Waals surface area contributed by atoms with Crippen LogP contribution in [0.4, 0.5) is 0 Å². The first-order chi connectivity index (χ1) is 8.52. The van der Waals surface area contributed by atoms with Crippen LogP contribution in [0.25, 0.3) is 0 Å². The Kier molecular flexibility index (Phi) is 6.20. The van der Waals surface area contributed by atoms with Gasteiger partial charge in [-0.05, 0) is 43.5 Å². The van der Waals surface area contributed by atoms with Gasteiger partial charge in [0.05, 0.1) is 0 Å². The summed E-state index contributed by atoms with van der Waals surface area (Å²) in [6.45, 7) is 11.7. The smallest absolute Gasteiger partial charge is 0.120 e. The molecule has 0 aliphatic rings. The largest absolute Gasteiger partial charge is 0.489 e. The lowest BCUT2D eigenvalue weighted by Crippen LogP contribution is -2.35. The molecule has 0 spiro atoms. The van der Waals surface area contributed by atoms with Gasteiger partial charge in [0.2, 0.25) is 0 Å². The van der Waals surface area contributed by atoms with Crippen molar-refractivity contribution in [1.29, 1.82) is 0 Å². The maximum Gasteiger partial charge on any atom is 0.120 e. The molecule has 0 saturated carbocycles. The van der Waals surface area contributed by atoms with E-state index in [0.29, 0.717) is 6.04 Å². The molecular weight excluding hydrogens is 222 g/mol. The van der Waals surface area contributed by atoms with Gasteiger partial charge in [0, 0.05) is 12.6 Å². The molecular formula is C16H27NO. The van der Waals surface area contributed by atoms with Crippen molar-refractivity contribution in [2.24, 2.45) is 0 Å². The monoisotopic (exact) mass is 249 g/mol. The van der Waals surface area contributed by atoms with Crippen LogP contribution < -0.4 is 10.1 Å². The minimum absolute atomic E-state index is 0.263. The Balaban J connectivity index is 2.61. The molecule has 1 aromatic carbocycles. The van der Waals surface area contributed by atoms with Gasteiger partial charge in [0.15, 0.2) is 0 Å². The first-order valence-electron chi connectivity index (χ1n) is 7.00. The Hall–Kier alpha value is -1.02. The third kappa shape index (κ3) is 5.09. The topological polar surface area (TPSA) is 21.3 Å². The summed E-state index contributed by atoms with van der Waals surface area (Å²) in [5.41, 5.74) is 2.61. The van der Waals surface area contributed by atoms with Crippen molar-refractivity contribution in [3.05, 3.63) is 29.3 Å². The molecule has 102 valence electrons. The van der Waals surface area contributed by atoms with E-state index in [1.807, 2.05) is 0 Å². The van der Waals surface area contributed by atoms with E-state index in [4.69, 9.17) is 4.74 Å². The fourth-order valence-electron chi connectivity index (χ4n) is 1.87. The Bertz CT molecular complexity index is 360. The molecule has 0 saturated heterocycles. The first kappa shape index (κ1) is 15.0. The summed E-state index contributed by atoms with van der Waals surface area (Å²) in [6.07, 6.45) is 2.50. The van der Waals surface area contributed by atoms with E-state index in [2.05, 4.69) is 58.1 Å². The second-order valence-electron chi connectivity index (χ2n) is 5.34. The molecule has 1 atom stereocenters. The Morgan fingerprint density at radius 2 is 1.89 bits per heavy atom. The van der Waals surface area contributed by atoms with Gasteiger partial charge in [0.25, 0.3) is 0 Å². The van der Waals surface area contributed by atoms with Crippen LogP contribution in [0, 0.1) is 13.8 Å². The van der Waals surface area contributed by atoms with E-state index in [1.165, 1.54) is 11.1 Å². The van der Waals surface area contributed by atoms with Crippen LogP contribution in [0.2, 0.25) is 0 Å². The van der Waals surface area contributed by atoms with Crippen LogP contribution >= 0.6 is 0 Å². The van der Waals surface area contributed by atoms with E-state index >= 15 is 0 Å². The average Bonchev–Trinajstić information content (AvgIpc) is 2.31. The SMILES string of the molecule is CCCC(CNC(C)C)Oc1ccc(C)c(C)c1. The van der Waals surface area contributed by atoms with Crippen molar-refractivity contribution in [2.75, 3.05) is 6.54 Å². The van der Waals surface area contributed by atoms with Crippen LogP contribution in [0.1, 0.15) is 44.7 Å². The first-order valence-corrected chi connectivity index (χ1v) is 7.00. The van der Waals surface area contributed by atoms with Crippen LogP contribution in [0.15, 0.2) is 18.2 Å². The number of nitrogens with one attached hydrogen (secondary N) is 1. The summed E-state index contributed by atoms with van der Waals surface area (Å²) < 4.78 is 6.08. The van der Waals surface area contributed by atoms with Gasteiger partial charge in [-0.1, -0.05) is 33.3 Å². The molecule has 0 heterocycles. The molecule has 0 radical (unpaired) electrons. The highest BCUT2D eigenvalue weighted by Gasteiger charge is 2.10. The molecule has 1 aromatic rings. The van der Waals surface area contributed by atoms with Crippen LogP contribution in [-0.4, -0.2) is 18.7 Å². The van der Waals surface area contributed by atoms with E-state index in [-0.39, 0.29) is 6.10 Å². The summed E-state index contributed by atoms with van der Waals surface area (Å²) in [5, 5.41) is 3.45. The molecule has 1 rings (SSSR count). The van der Waals surface area contributed by atoms with E-state index < -0.39 is 0 Å². The number of ether oxygens (including phenoxy) is 1. The molecule has 0 amide bonds. The summed E-state index contributed by atoms with van der Waals surface area (Å²) >= 11 is 0. The van der Waals surface area contributed by atoms with E-state index in [1.54, 1.807) is 0 Å². The minimum atomic E-state index is 0.263. The highest BCUT2D eigenvalue weighted by Crippen LogP contribution is 2.18. The predicted octanol–water partition coefficient (Wildman–Crippen LogP) is 3.85. The Morgan fingerprint density at radius 1 is 1.17 bits per heavy atom. The quantitative estimate of drug-likeness (QED) is 0.792. The summed E-state index contributed by atoms with van der Waals surface area (Å²) in [4.78, 5) is 0. The number of benzene rings is 1. The van der Waals surface area contributed by atoms with Crippen molar-refractivity contribution in [3.8, 4) is 5.75 Å². The lowest BCUT2D eigenvalue weighted by molar-refractivity contribution is 0.183. The number of aryl methyl sites for hydroxylation is 2. The van der Waals surface area contributed by atoms with Gasteiger partial charge in [0.1, 0.15) is 11.9 Å². The highest BCUT2D eigenvalue weighted by atomic mass is 16.5. The van der Waals surface area contributed by atoms with Crippen LogP contribution in [-0.2, 0) is 0 Å². The predicted molar refractivity (Wildman–Crippen MR) is 78.4 cm³/mol. The Labute approximate surface area is 112 Å². The summed E-state index contributed by atoms with van der Waals surface area (Å²) in [7, 11) is 0. The third-order valence-corrected chi connectivity index (χ3v) is 3.15. The van der Waals surface area contributed by atoms with Gasteiger partial charge in [-0.25, -0.2) is 0 Å². The number of hydrogen-bond acceptors (Lipinski definition) is 2. The second kappa shape index (κ2) is 7.42. The fraction of sp³-hybridized carbons (Fsp3) is 0.625. The zero-order valence-corrected chi connectivity index (χ0v) is 12.4. The molecule has 0 bridgehead atoms. The lowest BCUT2D eigenvalue weighted by atomic mass is 10.1. The van der Waals surface area contributed by atoms with Gasteiger partial charge in [-0.15, -0.1) is 0 Å². The zero-order valence-electron chi connectivity index (χ0n) is 12.4. The molecule has 1 unspecified atom stereocenters. The number of rotatable bonds is 7. The molecule has 18 heavy (non-hydrogen) atoms. The average molecular weight is 249 g/mol. The van der Waals surface area contributed by atoms with Crippen molar-refractivity contribution in [2.45, 2.75) is 59.6 Å². The molecule has 0 aliphatic carbocycles. The summed E-state index contributed by atoms with van der Waals surface area (Å²) in [6, 6.07) is 6.84. The molecule has 1 N–H and O–H groups in total. The zero-order chi connectivity index (χ0) is 13.5. The highest BCUT2D eigenvalue weighted by molar-refractivity contribution is 5.33. The molecule has 0 fully saturated rings. The van der Waals surface area contributed by atoms with E-state index in [0.717, 1.165) is 25.1 Å². The van der Waals surface area contributed by atoms with Crippen LogP contribution in [0.5, 0.6) is 5.75 Å². The van der Waals surface area contributed by atoms with Gasteiger partial charge in [-0.2, -0.15) is 0 Å². The second-order valence-corrected chi connectivity index (χ2v) is 5.34. The standard InChI is InChI=1S/C16H27NO/c1-6-7-16(11-17-12(2)3)18-15-9-8-13(4)14(5)10-15/h8-10,12,16-17H,6-7,11H2,1-5H3. The minimum Gasteiger partial charge on any atom is -0.489 e. The number of hydrogen-bond donors (Lipinski definition) is 1. The molecule has 0 aromatic heterocycles. The van der Waals surface area contributed by atoms with Crippen molar-refractivity contribution in [1.82, 2.24) is 5.32 Å². The maximum atomic E-state index is 6.08. The molecule has 2 heteroatoms. The van der Waals surface area contributed by atoms with E-state index in [9.17, 15) is 0 Å². The summed E-state index contributed by atoms with van der Waals surface area (Å²) in [5.74, 6) is 0.988. The van der Waals surface area contributed by atoms with Crippen molar-refractivity contribution in [3.63, 3.8) is 0 Å². The van der Waals surface area contributed by atoms with Crippen molar-refractivity contribution < 1.29 is 4.74 Å². The molecule has 0 aliphatic heterocycles.